The summed E-state index contributed by atoms with van der Waals surface area (Å²) in [6.45, 7) is 5.42. The molecule has 0 aromatic heterocycles. The van der Waals surface area contributed by atoms with Crippen LogP contribution in [0.2, 0.25) is 0 Å². The van der Waals surface area contributed by atoms with Gasteiger partial charge in [0.25, 0.3) is 0 Å². The number of hydrogen-bond donors (Lipinski definition) is 0. The highest BCUT2D eigenvalue weighted by Gasteiger charge is 2.35. The van der Waals surface area contributed by atoms with Crippen molar-refractivity contribution in [2.75, 3.05) is 19.8 Å². The van der Waals surface area contributed by atoms with Crippen molar-refractivity contribution in [2.24, 2.45) is 5.41 Å². The van der Waals surface area contributed by atoms with Gasteiger partial charge in [0.05, 0.1) is 22.1 Å². The average molecular weight is 475 g/mol. The van der Waals surface area contributed by atoms with Crippen LogP contribution in [0.5, 0.6) is 0 Å². The number of aryl methyl sites for hydroxylation is 2. The zero-order valence-electron chi connectivity index (χ0n) is 20.3. The number of benzene rings is 3. The maximum atomic E-state index is 12.8. The Kier molecular flexibility index (Phi) is 8.79. The lowest BCUT2D eigenvalue weighted by atomic mass is 9.88. The molecule has 3 aromatic rings. The Morgan fingerprint density at radius 2 is 1.11 bits per heavy atom. The van der Waals surface area contributed by atoms with Gasteiger partial charge in [-0.2, -0.15) is 0 Å². The second-order valence-electron chi connectivity index (χ2n) is 8.63. The van der Waals surface area contributed by atoms with E-state index in [-0.39, 0.29) is 19.8 Å². The van der Waals surface area contributed by atoms with Crippen LogP contribution in [0.3, 0.4) is 0 Å². The SMILES string of the molecule is CCC(COC(=O)c1ccccc1)(COC(=O)c1ccccc1)COC(=O)c1ccc(C)cc1C. The first-order chi connectivity index (χ1) is 16.8. The first kappa shape index (κ1) is 25.7. The van der Waals surface area contributed by atoms with Gasteiger partial charge in [-0.1, -0.05) is 61.0 Å². The number of rotatable bonds is 10. The van der Waals surface area contributed by atoms with E-state index in [2.05, 4.69) is 0 Å². The zero-order chi connectivity index (χ0) is 25.3. The maximum Gasteiger partial charge on any atom is 0.338 e. The highest BCUT2D eigenvalue weighted by Crippen LogP contribution is 2.26. The molecule has 182 valence electrons. The first-order valence-electron chi connectivity index (χ1n) is 11.5. The van der Waals surface area contributed by atoms with Crippen LogP contribution in [-0.2, 0) is 14.2 Å². The highest BCUT2D eigenvalue weighted by atomic mass is 16.6. The molecule has 3 aromatic carbocycles. The summed E-state index contributed by atoms with van der Waals surface area (Å²) >= 11 is 0. The number of carbonyl (C=O) groups is 3. The van der Waals surface area contributed by atoms with Crippen molar-refractivity contribution < 1.29 is 28.6 Å². The van der Waals surface area contributed by atoms with Crippen molar-refractivity contribution in [2.45, 2.75) is 27.2 Å². The molecule has 0 bridgehead atoms. The molecule has 0 fully saturated rings. The quantitative estimate of drug-likeness (QED) is 0.282. The van der Waals surface area contributed by atoms with Gasteiger partial charge in [-0.15, -0.1) is 0 Å². The fraction of sp³-hybridized carbons (Fsp3) is 0.276. The third-order valence-corrected chi connectivity index (χ3v) is 5.90. The van der Waals surface area contributed by atoms with Gasteiger partial charge in [0.1, 0.15) is 19.8 Å². The lowest BCUT2D eigenvalue weighted by Gasteiger charge is -2.31. The fourth-order valence-electron chi connectivity index (χ4n) is 3.52. The van der Waals surface area contributed by atoms with E-state index in [4.69, 9.17) is 14.2 Å². The van der Waals surface area contributed by atoms with Crippen LogP contribution in [0.1, 0.15) is 55.5 Å². The van der Waals surface area contributed by atoms with E-state index in [0.717, 1.165) is 11.1 Å². The Hall–Kier alpha value is -3.93. The van der Waals surface area contributed by atoms with E-state index in [1.54, 1.807) is 54.6 Å². The third kappa shape index (κ3) is 7.03. The molecule has 6 nitrogen and oxygen atoms in total. The van der Waals surface area contributed by atoms with Gasteiger partial charge in [-0.05, 0) is 56.2 Å². The van der Waals surface area contributed by atoms with Crippen LogP contribution in [-0.4, -0.2) is 37.7 Å². The van der Waals surface area contributed by atoms with Crippen LogP contribution >= 0.6 is 0 Å². The van der Waals surface area contributed by atoms with E-state index in [1.165, 1.54) is 0 Å². The molecule has 0 saturated carbocycles. The van der Waals surface area contributed by atoms with Gasteiger partial charge in [0.2, 0.25) is 0 Å². The molecular weight excluding hydrogens is 444 g/mol. The van der Waals surface area contributed by atoms with Gasteiger partial charge in [-0.3, -0.25) is 0 Å². The molecule has 3 rings (SSSR count). The summed E-state index contributed by atoms with van der Waals surface area (Å²) in [5, 5.41) is 0. The molecule has 0 amide bonds. The molecule has 0 radical (unpaired) electrons. The Balaban J connectivity index is 1.74. The molecule has 0 spiro atoms. The molecule has 0 aliphatic carbocycles. The summed E-state index contributed by atoms with van der Waals surface area (Å²) in [7, 11) is 0. The Morgan fingerprint density at radius 3 is 1.54 bits per heavy atom. The van der Waals surface area contributed by atoms with Gasteiger partial charge in [0, 0.05) is 0 Å². The van der Waals surface area contributed by atoms with Crippen molar-refractivity contribution in [1.82, 2.24) is 0 Å². The van der Waals surface area contributed by atoms with E-state index in [9.17, 15) is 14.4 Å². The highest BCUT2D eigenvalue weighted by molar-refractivity contribution is 5.91. The minimum Gasteiger partial charge on any atom is -0.461 e. The minimum atomic E-state index is -0.914. The van der Waals surface area contributed by atoms with Crippen LogP contribution < -0.4 is 0 Å². The van der Waals surface area contributed by atoms with E-state index in [1.807, 2.05) is 45.0 Å². The summed E-state index contributed by atoms with van der Waals surface area (Å²) in [5.41, 5.74) is 2.22. The van der Waals surface area contributed by atoms with Crippen LogP contribution in [0.25, 0.3) is 0 Å². The number of hydrogen-bond acceptors (Lipinski definition) is 6. The molecular formula is C29H30O6. The van der Waals surface area contributed by atoms with Crippen molar-refractivity contribution in [3.05, 3.63) is 107 Å². The summed E-state index contributed by atoms with van der Waals surface area (Å²) < 4.78 is 16.8. The number of carbonyl (C=O) groups excluding carboxylic acids is 3. The van der Waals surface area contributed by atoms with Crippen molar-refractivity contribution in [3.8, 4) is 0 Å². The molecule has 0 aliphatic rings. The fourth-order valence-corrected chi connectivity index (χ4v) is 3.52. The minimum absolute atomic E-state index is 0.0835. The summed E-state index contributed by atoms with van der Waals surface area (Å²) in [6, 6.07) is 22.7. The molecule has 0 N–H and O–H groups in total. The molecule has 0 atom stereocenters. The van der Waals surface area contributed by atoms with Gasteiger partial charge in [0.15, 0.2) is 0 Å². The summed E-state index contributed by atoms with van der Waals surface area (Å²) in [4.78, 5) is 38.0. The normalized spacial score (nSPS) is 10.9. The monoisotopic (exact) mass is 474 g/mol. The Bertz CT molecular complexity index is 1100. The maximum absolute atomic E-state index is 12.8. The number of ether oxygens (including phenoxy) is 3. The van der Waals surface area contributed by atoms with E-state index < -0.39 is 23.3 Å². The van der Waals surface area contributed by atoms with Crippen molar-refractivity contribution in [1.29, 1.82) is 0 Å². The second-order valence-corrected chi connectivity index (χ2v) is 8.63. The smallest absolute Gasteiger partial charge is 0.338 e. The van der Waals surface area contributed by atoms with Crippen molar-refractivity contribution >= 4 is 17.9 Å². The standard InChI is InChI=1S/C29H30O6/c1-4-29(18-33-26(30)23-11-7-5-8-12-23,19-34-27(31)24-13-9-6-10-14-24)20-35-28(32)25-16-15-21(2)17-22(25)3/h5-17H,4,18-20H2,1-3H3. The predicted molar refractivity (Wildman–Crippen MR) is 132 cm³/mol. The molecule has 0 unspecified atom stereocenters. The zero-order valence-corrected chi connectivity index (χ0v) is 20.3. The topological polar surface area (TPSA) is 78.9 Å². The van der Waals surface area contributed by atoms with E-state index in [0.29, 0.717) is 23.1 Å². The average Bonchev–Trinajstić information content (AvgIpc) is 2.89. The second kappa shape index (κ2) is 12.0. The molecule has 0 aliphatic heterocycles. The van der Waals surface area contributed by atoms with Crippen LogP contribution in [0, 0.1) is 19.3 Å². The molecule has 6 heteroatoms. The Morgan fingerprint density at radius 1 is 0.657 bits per heavy atom. The lowest BCUT2D eigenvalue weighted by Crippen LogP contribution is -2.39. The van der Waals surface area contributed by atoms with Crippen LogP contribution in [0.15, 0.2) is 78.9 Å². The molecule has 0 saturated heterocycles. The van der Waals surface area contributed by atoms with E-state index >= 15 is 0 Å². The summed E-state index contributed by atoms with van der Waals surface area (Å²) in [6.07, 6.45) is 0.442. The largest absolute Gasteiger partial charge is 0.461 e. The van der Waals surface area contributed by atoms with Gasteiger partial charge >= 0.3 is 17.9 Å². The predicted octanol–water partition coefficient (Wildman–Crippen LogP) is 5.57. The molecule has 0 heterocycles. The van der Waals surface area contributed by atoms with Crippen molar-refractivity contribution in [3.63, 3.8) is 0 Å². The Labute approximate surface area is 205 Å². The third-order valence-electron chi connectivity index (χ3n) is 5.90. The van der Waals surface area contributed by atoms with Gasteiger partial charge in [-0.25, -0.2) is 14.4 Å². The summed E-state index contributed by atoms with van der Waals surface area (Å²) in [5.74, 6) is -1.49. The lowest BCUT2D eigenvalue weighted by molar-refractivity contribution is -0.0381. The van der Waals surface area contributed by atoms with Crippen LogP contribution in [0.4, 0.5) is 0 Å². The van der Waals surface area contributed by atoms with Gasteiger partial charge < -0.3 is 14.2 Å². The molecule has 35 heavy (non-hydrogen) atoms. The number of esters is 3. The first-order valence-corrected chi connectivity index (χ1v) is 11.5.